The Morgan fingerprint density at radius 1 is 1.10 bits per heavy atom. The zero-order valence-corrected chi connectivity index (χ0v) is 11.2. The number of nitrogens with zero attached hydrogens (tertiary/aromatic N) is 1. The Hall–Kier alpha value is -1.97. The average Bonchev–Trinajstić information content (AvgIpc) is 2.46. The third kappa shape index (κ3) is 2.38. The van der Waals surface area contributed by atoms with Crippen molar-refractivity contribution in [1.29, 1.82) is 0 Å². The second kappa shape index (κ2) is 5.19. The molecule has 1 unspecified atom stereocenters. The van der Waals surface area contributed by atoms with Gasteiger partial charge in [0.1, 0.15) is 11.9 Å². The molecule has 0 aliphatic rings. The van der Waals surface area contributed by atoms with Crippen LogP contribution in [-0.4, -0.2) is 10.1 Å². The third-order valence-electron chi connectivity index (χ3n) is 3.20. The fraction of sp³-hybridized carbons (Fsp3) is 0.0625. The molecule has 0 saturated carbocycles. The van der Waals surface area contributed by atoms with Gasteiger partial charge in [0.25, 0.3) is 0 Å². The molecule has 0 spiro atoms. The van der Waals surface area contributed by atoms with Gasteiger partial charge in [0, 0.05) is 22.2 Å². The molecule has 2 nitrogen and oxygen atoms in total. The number of aliphatic hydroxyl groups excluding tert-OH is 1. The molecule has 0 aliphatic carbocycles. The number of hydrogen-bond donors (Lipinski definition) is 1. The predicted octanol–water partition coefficient (Wildman–Crippen LogP) is 4.11. The number of halogens is 2. The molecule has 0 radical (unpaired) electrons. The fourth-order valence-corrected chi connectivity index (χ4v) is 2.32. The van der Waals surface area contributed by atoms with Gasteiger partial charge in [0.15, 0.2) is 0 Å². The largest absolute Gasteiger partial charge is 0.384 e. The van der Waals surface area contributed by atoms with Gasteiger partial charge in [-0.3, -0.25) is 4.98 Å². The SMILES string of the molecule is OC(c1ccc2cccnc2c1)c1ccc(Cl)cc1F. The second-order valence-corrected chi connectivity index (χ2v) is 4.96. The lowest BCUT2D eigenvalue weighted by molar-refractivity contribution is 0.215. The van der Waals surface area contributed by atoms with Gasteiger partial charge >= 0.3 is 0 Å². The first kappa shape index (κ1) is 13.0. The highest BCUT2D eigenvalue weighted by Crippen LogP contribution is 2.27. The first-order valence-electron chi connectivity index (χ1n) is 6.13. The zero-order chi connectivity index (χ0) is 14.1. The topological polar surface area (TPSA) is 33.1 Å². The van der Waals surface area contributed by atoms with Crippen LogP contribution in [0.2, 0.25) is 5.02 Å². The van der Waals surface area contributed by atoms with Crippen molar-refractivity contribution in [3.05, 3.63) is 76.7 Å². The van der Waals surface area contributed by atoms with Crippen molar-refractivity contribution in [2.75, 3.05) is 0 Å². The fourth-order valence-electron chi connectivity index (χ4n) is 2.16. The molecule has 0 aliphatic heterocycles. The Balaban J connectivity index is 2.05. The zero-order valence-electron chi connectivity index (χ0n) is 10.4. The Labute approximate surface area is 120 Å². The Bertz CT molecular complexity index is 775. The molecule has 3 aromatic rings. The van der Waals surface area contributed by atoms with Crippen molar-refractivity contribution in [3.8, 4) is 0 Å². The van der Waals surface area contributed by atoms with E-state index in [1.807, 2.05) is 18.2 Å². The van der Waals surface area contributed by atoms with Crippen molar-refractivity contribution < 1.29 is 9.50 Å². The number of benzene rings is 2. The molecule has 4 heteroatoms. The molecular formula is C16H11ClFNO. The molecule has 1 heterocycles. The van der Waals surface area contributed by atoms with Crippen LogP contribution >= 0.6 is 11.6 Å². The van der Waals surface area contributed by atoms with Gasteiger partial charge in [-0.2, -0.15) is 0 Å². The van der Waals surface area contributed by atoms with E-state index in [0.29, 0.717) is 10.6 Å². The first-order chi connectivity index (χ1) is 9.65. The summed E-state index contributed by atoms with van der Waals surface area (Å²) in [4.78, 5) is 4.23. The molecule has 0 amide bonds. The van der Waals surface area contributed by atoms with E-state index in [-0.39, 0.29) is 5.56 Å². The lowest BCUT2D eigenvalue weighted by Gasteiger charge is -2.13. The maximum atomic E-state index is 13.8. The lowest BCUT2D eigenvalue weighted by Crippen LogP contribution is -2.02. The standard InChI is InChI=1S/C16H11ClFNO/c17-12-5-6-13(14(18)9-12)16(20)11-4-3-10-2-1-7-19-15(10)8-11/h1-9,16,20H. The van der Waals surface area contributed by atoms with E-state index in [0.717, 1.165) is 10.9 Å². The van der Waals surface area contributed by atoms with Crippen molar-refractivity contribution in [1.82, 2.24) is 4.98 Å². The van der Waals surface area contributed by atoms with Crippen LogP contribution in [0.15, 0.2) is 54.7 Å². The number of hydrogen-bond acceptors (Lipinski definition) is 2. The highest BCUT2D eigenvalue weighted by atomic mass is 35.5. The number of rotatable bonds is 2. The summed E-state index contributed by atoms with van der Waals surface area (Å²) in [5.41, 5.74) is 1.56. The molecular weight excluding hydrogens is 277 g/mol. The summed E-state index contributed by atoms with van der Waals surface area (Å²) in [6.45, 7) is 0. The van der Waals surface area contributed by atoms with E-state index in [1.54, 1.807) is 24.4 Å². The monoisotopic (exact) mass is 287 g/mol. The van der Waals surface area contributed by atoms with Crippen LogP contribution in [0.1, 0.15) is 17.2 Å². The minimum atomic E-state index is -1.04. The van der Waals surface area contributed by atoms with Crippen molar-refractivity contribution in [3.63, 3.8) is 0 Å². The van der Waals surface area contributed by atoms with Gasteiger partial charge in [-0.05, 0) is 29.8 Å². The number of aliphatic hydroxyl groups is 1. The molecule has 3 rings (SSSR count). The van der Waals surface area contributed by atoms with Gasteiger partial charge in [-0.15, -0.1) is 0 Å². The van der Waals surface area contributed by atoms with Crippen molar-refractivity contribution >= 4 is 22.5 Å². The molecule has 1 atom stereocenters. The summed E-state index contributed by atoms with van der Waals surface area (Å²) in [6.07, 6.45) is 0.639. The van der Waals surface area contributed by atoms with E-state index in [4.69, 9.17) is 11.6 Å². The molecule has 20 heavy (non-hydrogen) atoms. The van der Waals surface area contributed by atoms with Crippen LogP contribution in [-0.2, 0) is 0 Å². The van der Waals surface area contributed by atoms with Crippen LogP contribution in [0.4, 0.5) is 4.39 Å². The van der Waals surface area contributed by atoms with Gasteiger partial charge in [-0.25, -0.2) is 4.39 Å². The Morgan fingerprint density at radius 2 is 1.95 bits per heavy atom. The smallest absolute Gasteiger partial charge is 0.130 e. The summed E-state index contributed by atoms with van der Waals surface area (Å²) in [5, 5.41) is 11.6. The molecule has 2 aromatic carbocycles. The quantitative estimate of drug-likeness (QED) is 0.769. The van der Waals surface area contributed by atoms with Crippen LogP contribution in [0.5, 0.6) is 0 Å². The summed E-state index contributed by atoms with van der Waals surface area (Å²) in [6, 6.07) is 13.4. The van der Waals surface area contributed by atoms with Gasteiger partial charge < -0.3 is 5.11 Å². The molecule has 0 fully saturated rings. The normalized spacial score (nSPS) is 12.6. The lowest BCUT2D eigenvalue weighted by atomic mass is 10.00. The summed E-state index contributed by atoms with van der Waals surface area (Å²) >= 11 is 5.71. The van der Waals surface area contributed by atoms with E-state index < -0.39 is 11.9 Å². The molecule has 1 N–H and O–H groups in total. The summed E-state index contributed by atoms with van der Waals surface area (Å²) in [7, 11) is 0. The minimum Gasteiger partial charge on any atom is -0.384 e. The Morgan fingerprint density at radius 3 is 2.75 bits per heavy atom. The number of fused-ring (bicyclic) bond motifs is 1. The summed E-state index contributed by atoms with van der Waals surface area (Å²) in [5.74, 6) is -0.522. The maximum Gasteiger partial charge on any atom is 0.130 e. The molecule has 1 aromatic heterocycles. The summed E-state index contributed by atoms with van der Waals surface area (Å²) < 4.78 is 13.8. The van der Waals surface area contributed by atoms with Crippen molar-refractivity contribution in [2.45, 2.75) is 6.10 Å². The number of aromatic nitrogens is 1. The van der Waals surface area contributed by atoms with Gasteiger partial charge in [0.05, 0.1) is 5.52 Å². The van der Waals surface area contributed by atoms with Gasteiger partial charge in [-0.1, -0.05) is 35.9 Å². The highest BCUT2D eigenvalue weighted by molar-refractivity contribution is 6.30. The van der Waals surface area contributed by atoms with E-state index in [1.165, 1.54) is 12.1 Å². The van der Waals surface area contributed by atoms with E-state index in [9.17, 15) is 9.50 Å². The van der Waals surface area contributed by atoms with Crippen molar-refractivity contribution in [2.24, 2.45) is 0 Å². The second-order valence-electron chi connectivity index (χ2n) is 4.52. The molecule has 0 bridgehead atoms. The third-order valence-corrected chi connectivity index (χ3v) is 3.44. The minimum absolute atomic E-state index is 0.199. The van der Waals surface area contributed by atoms with E-state index in [2.05, 4.69) is 4.98 Å². The van der Waals surface area contributed by atoms with E-state index >= 15 is 0 Å². The first-order valence-corrected chi connectivity index (χ1v) is 6.50. The molecule has 100 valence electrons. The highest BCUT2D eigenvalue weighted by Gasteiger charge is 2.15. The van der Waals surface area contributed by atoms with Crippen LogP contribution in [0, 0.1) is 5.82 Å². The number of pyridine rings is 1. The van der Waals surface area contributed by atoms with Gasteiger partial charge in [0.2, 0.25) is 0 Å². The van der Waals surface area contributed by atoms with Crippen LogP contribution in [0.3, 0.4) is 0 Å². The maximum absolute atomic E-state index is 13.8. The van der Waals surface area contributed by atoms with Crippen LogP contribution < -0.4 is 0 Å². The Kier molecular flexibility index (Phi) is 3.38. The average molecular weight is 288 g/mol. The van der Waals surface area contributed by atoms with Crippen LogP contribution in [0.25, 0.3) is 10.9 Å². The molecule has 0 saturated heterocycles. The predicted molar refractivity (Wildman–Crippen MR) is 77.2 cm³/mol.